The van der Waals surface area contributed by atoms with Crippen LogP contribution in [0.15, 0.2) is 24.3 Å². The van der Waals surface area contributed by atoms with Crippen molar-refractivity contribution in [1.29, 1.82) is 0 Å². The van der Waals surface area contributed by atoms with E-state index in [1.54, 1.807) is 0 Å². The number of unbranched alkanes of at least 4 members (excludes halogenated alkanes) is 7. The molecular formula is C19H33NaO4S. The van der Waals surface area contributed by atoms with Crippen LogP contribution in [-0.2, 0) is 16.5 Å². The average molecular weight is 381 g/mol. The molecule has 1 aromatic rings. The van der Waals surface area contributed by atoms with Crippen molar-refractivity contribution in [1.82, 2.24) is 0 Å². The molecule has 1 N–H and O–H groups in total. The minimum atomic E-state index is -3.85. The van der Waals surface area contributed by atoms with E-state index in [2.05, 4.69) is 19.1 Å². The minimum Gasteiger partial charge on any atom is -1.00 e. The Hall–Kier alpha value is -0.0700. The van der Waals surface area contributed by atoms with Crippen molar-refractivity contribution in [3.05, 3.63) is 29.8 Å². The van der Waals surface area contributed by atoms with Gasteiger partial charge in [0.05, 0.1) is 12.4 Å². The summed E-state index contributed by atoms with van der Waals surface area (Å²) in [5.41, 5.74) is 1.34. The van der Waals surface area contributed by atoms with Crippen molar-refractivity contribution in [2.24, 2.45) is 0 Å². The van der Waals surface area contributed by atoms with E-state index < -0.39 is 10.1 Å². The van der Waals surface area contributed by atoms with E-state index in [0.29, 0.717) is 19.4 Å². The molecule has 1 rings (SSSR count). The van der Waals surface area contributed by atoms with Crippen molar-refractivity contribution >= 4 is 10.1 Å². The Morgan fingerprint density at radius 2 is 1.52 bits per heavy atom. The number of hydrogen-bond donors (Lipinski definition) is 1. The monoisotopic (exact) mass is 380 g/mol. The zero-order chi connectivity index (χ0) is 17.7. The van der Waals surface area contributed by atoms with E-state index in [-0.39, 0.29) is 36.7 Å². The Kier molecular flexibility index (Phi) is 15.0. The Labute approximate surface area is 177 Å². The molecule has 0 aliphatic heterocycles. The normalized spacial score (nSPS) is 11.1. The zero-order valence-electron chi connectivity index (χ0n) is 16.9. The molecule has 25 heavy (non-hydrogen) atoms. The van der Waals surface area contributed by atoms with Crippen molar-refractivity contribution in [3.8, 4) is 5.75 Å². The fraction of sp³-hybridized carbons (Fsp3) is 0.684. The van der Waals surface area contributed by atoms with Crippen LogP contribution in [0.4, 0.5) is 0 Å². The van der Waals surface area contributed by atoms with Crippen LogP contribution in [-0.4, -0.2) is 25.3 Å². The van der Waals surface area contributed by atoms with Crippen molar-refractivity contribution in [2.75, 3.05) is 12.4 Å². The number of aryl methyl sites for hydroxylation is 1. The summed E-state index contributed by atoms with van der Waals surface area (Å²) in [5.74, 6) is 0.610. The smallest absolute Gasteiger partial charge is 1.00 e. The van der Waals surface area contributed by atoms with Crippen LogP contribution in [0.2, 0.25) is 0 Å². The predicted octanol–water partition coefficient (Wildman–Crippen LogP) is 2.14. The first kappa shape index (κ1) is 24.9. The van der Waals surface area contributed by atoms with Crippen molar-refractivity contribution < 1.29 is 48.7 Å². The fourth-order valence-electron chi connectivity index (χ4n) is 2.62. The molecule has 0 aliphatic rings. The Balaban J connectivity index is 0. The van der Waals surface area contributed by atoms with Gasteiger partial charge in [-0.05, 0) is 43.4 Å². The molecule has 0 aromatic heterocycles. The van der Waals surface area contributed by atoms with E-state index in [9.17, 15) is 8.42 Å². The van der Waals surface area contributed by atoms with Gasteiger partial charge in [0.15, 0.2) is 0 Å². The number of benzene rings is 1. The summed E-state index contributed by atoms with van der Waals surface area (Å²) in [4.78, 5) is 0. The molecule has 0 spiro atoms. The molecule has 0 fully saturated rings. The summed E-state index contributed by atoms with van der Waals surface area (Å²) in [6.45, 7) is 2.71. The van der Waals surface area contributed by atoms with Crippen molar-refractivity contribution in [3.63, 3.8) is 0 Å². The molecule has 0 radical (unpaired) electrons. The Morgan fingerprint density at radius 1 is 0.920 bits per heavy atom. The van der Waals surface area contributed by atoms with Gasteiger partial charge in [-0.3, -0.25) is 4.55 Å². The molecule has 0 saturated heterocycles. The topological polar surface area (TPSA) is 63.6 Å². The van der Waals surface area contributed by atoms with Crippen LogP contribution in [0, 0.1) is 0 Å². The van der Waals surface area contributed by atoms with E-state index >= 15 is 0 Å². The first-order valence-corrected chi connectivity index (χ1v) is 10.8. The first-order chi connectivity index (χ1) is 11.5. The zero-order valence-corrected chi connectivity index (χ0v) is 18.7. The second-order valence-electron chi connectivity index (χ2n) is 6.36. The van der Waals surface area contributed by atoms with E-state index in [1.807, 2.05) is 12.1 Å². The number of ether oxygens (including phenoxy) is 1. The molecule has 0 unspecified atom stereocenters. The Morgan fingerprint density at radius 3 is 2.12 bits per heavy atom. The van der Waals surface area contributed by atoms with Gasteiger partial charge in [-0.2, -0.15) is 8.42 Å². The van der Waals surface area contributed by atoms with Crippen molar-refractivity contribution in [2.45, 2.75) is 71.1 Å². The molecule has 140 valence electrons. The number of hydrogen-bond acceptors (Lipinski definition) is 3. The van der Waals surface area contributed by atoms with Gasteiger partial charge in [0.1, 0.15) is 5.75 Å². The molecule has 0 heterocycles. The van der Waals surface area contributed by atoms with Crippen LogP contribution < -0.4 is 34.3 Å². The third-order valence-corrected chi connectivity index (χ3v) is 4.86. The van der Waals surface area contributed by atoms with Crippen LogP contribution >= 0.6 is 0 Å². The molecule has 6 heteroatoms. The van der Waals surface area contributed by atoms with E-state index in [4.69, 9.17) is 9.29 Å². The summed E-state index contributed by atoms with van der Waals surface area (Å²) in [7, 11) is -3.85. The molecule has 0 bridgehead atoms. The average Bonchev–Trinajstić information content (AvgIpc) is 2.54. The molecule has 1 aromatic carbocycles. The quantitative estimate of drug-likeness (QED) is 0.305. The summed E-state index contributed by atoms with van der Waals surface area (Å²) < 4.78 is 35.4. The predicted molar refractivity (Wildman–Crippen MR) is 100 cm³/mol. The number of rotatable bonds is 14. The summed E-state index contributed by atoms with van der Waals surface area (Å²) in [6, 6.07) is 8.15. The van der Waals surface area contributed by atoms with Gasteiger partial charge in [0, 0.05) is 0 Å². The Bertz CT molecular complexity index is 535. The van der Waals surface area contributed by atoms with Gasteiger partial charge in [0.25, 0.3) is 10.1 Å². The van der Waals surface area contributed by atoms with Crippen LogP contribution in [0.25, 0.3) is 0 Å². The van der Waals surface area contributed by atoms with Gasteiger partial charge in [-0.15, -0.1) is 0 Å². The largest absolute Gasteiger partial charge is 1.00 e. The molecule has 0 atom stereocenters. The maximum atomic E-state index is 10.6. The van der Waals surface area contributed by atoms with Gasteiger partial charge >= 0.3 is 29.6 Å². The second-order valence-corrected chi connectivity index (χ2v) is 7.93. The van der Waals surface area contributed by atoms with Gasteiger partial charge in [0.2, 0.25) is 0 Å². The van der Waals surface area contributed by atoms with Gasteiger partial charge in [-0.1, -0.05) is 57.6 Å². The molecule has 0 aliphatic carbocycles. The summed E-state index contributed by atoms with van der Waals surface area (Å²) in [6.07, 6.45) is 11.4. The van der Waals surface area contributed by atoms with Gasteiger partial charge in [-0.25, -0.2) is 0 Å². The molecule has 0 saturated carbocycles. The summed E-state index contributed by atoms with van der Waals surface area (Å²) >= 11 is 0. The summed E-state index contributed by atoms with van der Waals surface area (Å²) in [5, 5.41) is 0. The van der Waals surface area contributed by atoms with E-state index in [1.165, 1.54) is 50.5 Å². The molecular weight excluding hydrogens is 347 g/mol. The minimum absolute atomic E-state index is 0. The maximum absolute atomic E-state index is 10.6. The van der Waals surface area contributed by atoms with E-state index in [0.717, 1.165) is 12.2 Å². The van der Waals surface area contributed by atoms with Crippen LogP contribution in [0.1, 0.15) is 71.7 Å². The standard InChI is InChI=1S/C19H32O4S.Na.H/c1-2-3-4-5-6-7-8-11-18-12-14-19(15-13-18)23-16-9-10-17-24(20,21)22;;/h12-15H,2-11,16-17H2,1H3,(H,20,21,22);;/q;+1;-1. The van der Waals surface area contributed by atoms with Gasteiger partial charge < -0.3 is 6.16 Å². The maximum Gasteiger partial charge on any atom is 1.00 e. The molecule has 4 nitrogen and oxygen atoms in total. The SMILES string of the molecule is CCCCCCCCCc1ccc(OCCCCS(=O)(=O)O)cc1.[H-].[Na+]. The molecule has 0 amide bonds. The third kappa shape index (κ3) is 14.8. The van der Waals surface area contributed by atoms with Crippen LogP contribution in [0.3, 0.4) is 0 Å². The third-order valence-electron chi connectivity index (χ3n) is 4.06. The second kappa shape index (κ2) is 15.0. The fourth-order valence-corrected chi connectivity index (χ4v) is 3.18. The first-order valence-electron chi connectivity index (χ1n) is 9.18. The van der Waals surface area contributed by atoms with Crippen LogP contribution in [0.5, 0.6) is 5.75 Å².